The average Bonchev–Trinajstić information content (AvgIpc) is 2.79. The molecule has 1 amide bonds. The summed E-state index contributed by atoms with van der Waals surface area (Å²) in [5.41, 5.74) is 0.623. The number of halogens is 2. The third kappa shape index (κ3) is 6.19. The van der Waals surface area contributed by atoms with Gasteiger partial charge in [0.15, 0.2) is 0 Å². The molecule has 1 heterocycles. The Morgan fingerprint density at radius 3 is 2.39 bits per heavy atom. The molecule has 10 heteroatoms. The average molecular weight is 582 g/mol. The quantitative estimate of drug-likeness (QED) is 0.370. The second-order valence-electron chi connectivity index (χ2n) is 10.8. The van der Waals surface area contributed by atoms with Crippen molar-refractivity contribution in [2.45, 2.75) is 75.6 Å². The Hall–Kier alpha value is -2.13. The minimum Gasteiger partial charge on any atom is -0.481 e. The molecule has 2 N–H and O–H groups in total. The van der Waals surface area contributed by atoms with Crippen LogP contribution in [-0.4, -0.2) is 48.1 Å². The topological polar surface area (TPSA) is 104 Å². The van der Waals surface area contributed by atoms with Crippen molar-refractivity contribution in [3.63, 3.8) is 0 Å². The molecule has 38 heavy (non-hydrogen) atoms. The second-order valence-corrected chi connectivity index (χ2v) is 13.8. The summed E-state index contributed by atoms with van der Waals surface area (Å²) in [5, 5.41) is 10.5. The van der Waals surface area contributed by atoms with Gasteiger partial charge in [0.05, 0.1) is 23.1 Å². The van der Waals surface area contributed by atoms with Crippen molar-refractivity contribution < 1.29 is 23.1 Å². The Bertz CT molecular complexity index is 1280. The Balaban J connectivity index is 1.72. The number of carboxylic acid groups (broad SMARTS) is 1. The number of piperidine rings is 1. The summed E-state index contributed by atoms with van der Waals surface area (Å²) >= 11 is 12.5. The zero-order valence-electron chi connectivity index (χ0n) is 21.6. The van der Waals surface area contributed by atoms with E-state index in [1.807, 2.05) is 37.3 Å². The fourth-order valence-electron chi connectivity index (χ4n) is 5.71. The third-order valence-electron chi connectivity index (χ3n) is 7.96. The lowest BCUT2D eigenvalue weighted by Gasteiger charge is -2.51. The van der Waals surface area contributed by atoms with Gasteiger partial charge in [0.1, 0.15) is 0 Å². The van der Waals surface area contributed by atoms with Gasteiger partial charge < -0.3 is 10.0 Å². The van der Waals surface area contributed by atoms with Crippen LogP contribution in [-0.2, 0) is 19.6 Å². The molecule has 0 bridgehead atoms. The van der Waals surface area contributed by atoms with Crippen molar-refractivity contribution in [2.24, 2.45) is 5.41 Å². The molecule has 0 radical (unpaired) electrons. The van der Waals surface area contributed by atoms with Crippen LogP contribution in [0.15, 0.2) is 48.5 Å². The maximum atomic E-state index is 14.1. The predicted octanol–water partition coefficient (Wildman–Crippen LogP) is 5.78. The maximum absolute atomic E-state index is 14.1. The summed E-state index contributed by atoms with van der Waals surface area (Å²) in [4.78, 5) is 27.8. The summed E-state index contributed by atoms with van der Waals surface area (Å²) in [7, 11) is -3.39. The molecule has 2 aromatic rings. The molecule has 2 aliphatic rings. The highest BCUT2D eigenvalue weighted by atomic mass is 35.5. The molecule has 1 aliphatic carbocycles. The molecule has 4 atom stereocenters. The lowest BCUT2D eigenvalue weighted by atomic mass is 9.67. The number of carbonyl (C=O) groups excluding carboxylic acids is 1. The third-order valence-corrected chi connectivity index (χ3v) is 10.4. The van der Waals surface area contributed by atoms with E-state index in [0.29, 0.717) is 35.7 Å². The molecule has 2 aromatic carbocycles. The minimum atomic E-state index is -3.39. The predicted molar refractivity (Wildman–Crippen MR) is 149 cm³/mol. The van der Waals surface area contributed by atoms with Gasteiger partial charge in [-0.05, 0) is 68.0 Å². The van der Waals surface area contributed by atoms with E-state index >= 15 is 0 Å². The second kappa shape index (κ2) is 11.5. The largest absolute Gasteiger partial charge is 0.481 e. The van der Waals surface area contributed by atoms with E-state index in [4.69, 9.17) is 23.2 Å². The van der Waals surface area contributed by atoms with Gasteiger partial charge in [-0.25, -0.2) is 13.1 Å². The van der Waals surface area contributed by atoms with Crippen molar-refractivity contribution in [3.8, 4) is 0 Å². The highest BCUT2D eigenvalue weighted by Crippen LogP contribution is 2.52. The molecule has 2 fully saturated rings. The van der Waals surface area contributed by atoms with Crippen LogP contribution >= 0.6 is 23.2 Å². The molecule has 4 unspecified atom stereocenters. The molecular formula is C28H34Cl2N2O5S. The Kier molecular flexibility index (Phi) is 8.77. The molecule has 206 valence electrons. The van der Waals surface area contributed by atoms with E-state index in [1.165, 1.54) is 0 Å². The molecule has 1 saturated heterocycles. The number of hydrogen-bond donors (Lipinski definition) is 2. The number of likely N-dealkylation sites (tertiary alicyclic amines) is 1. The molecule has 1 aliphatic heterocycles. The van der Waals surface area contributed by atoms with Gasteiger partial charge >= 0.3 is 5.97 Å². The first kappa shape index (κ1) is 28.9. The number of benzene rings is 2. The van der Waals surface area contributed by atoms with Gasteiger partial charge in [-0.1, -0.05) is 60.8 Å². The van der Waals surface area contributed by atoms with Gasteiger partial charge in [-0.2, -0.15) is 0 Å². The fraction of sp³-hybridized carbons (Fsp3) is 0.500. The van der Waals surface area contributed by atoms with Crippen LogP contribution in [0.1, 0.15) is 75.5 Å². The maximum Gasteiger partial charge on any atom is 0.304 e. The van der Waals surface area contributed by atoms with Crippen LogP contribution in [0.5, 0.6) is 0 Å². The Labute approximate surface area is 234 Å². The molecule has 0 aromatic heterocycles. The molecular weight excluding hydrogens is 547 g/mol. The van der Waals surface area contributed by atoms with Gasteiger partial charge in [0.2, 0.25) is 15.9 Å². The van der Waals surface area contributed by atoms with Gasteiger partial charge in [-0.15, -0.1) is 0 Å². The summed E-state index contributed by atoms with van der Waals surface area (Å²) < 4.78 is 27.8. The number of amides is 1. The zero-order valence-corrected chi connectivity index (χ0v) is 23.9. The highest BCUT2D eigenvalue weighted by molar-refractivity contribution is 7.90. The number of carbonyl (C=O) groups is 2. The molecule has 0 spiro atoms. The standard InChI is InChI=1S/C28H34Cl2N2O5S/c1-18(13-14-31-38(36,37)23-7-4-8-23)32-26(19-9-11-21(29)12-10-19)24(20-5-3-6-22(30)15-20)16-28(2,27(32)35)17-25(33)34/h3,5-6,9-12,15,18,23-24,26,31H,4,7-8,13-14,16-17H2,1-2H3,(H,33,34). The number of nitrogens with zero attached hydrogens (tertiary/aromatic N) is 1. The normalized spacial score (nSPS) is 25.2. The summed E-state index contributed by atoms with van der Waals surface area (Å²) in [6.45, 7) is 3.78. The van der Waals surface area contributed by atoms with E-state index in [1.54, 1.807) is 30.0 Å². The lowest BCUT2D eigenvalue weighted by Crippen LogP contribution is -2.56. The van der Waals surface area contributed by atoms with E-state index < -0.39 is 27.4 Å². The van der Waals surface area contributed by atoms with Crippen molar-refractivity contribution in [3.05, 3.63) is 69.7 Å². The van der Waals surface area contributed by atoms with Crippen LogP contribution in [0.4, 0.5) is 0 Å². The van der Waals surface area contributed by atoms with Crippen LogP contribution in [0, 0.1) is 5.41 Å². The van der Waals surface area contributed by atoms with Gasteiger partial charge in [-0.3, -0.25) is 9.59 Å². The van der Waals surface area contributed by atoms with Crippen LogP contribution in [0.25, 0.3) is 0 Å². The summed E-state index contributed by atoms with van der Waals surface area (Å²) in [5.74, 6) is -1.55. The summed E-state index contributed by atoms with van der Waals surface area (Å²) in [6.07, 6.45) is 2.65. The lowest BCUT2D eigenvalue weighted by molar-refractivity contribution is -0.160. The fourth-order valence-corrected chi connectivity index (χ4v) is 7.63. The van der Waals surface area contributed by atoms with Crippen LogP contribution in [0.3, 0.4) is 0 Å². The minimum absolute atomic E-state index is 0.189. The van der Waals surface area contributed by atoms with Crippen LogP contribution < -0.4 is 4.72 Å². The Morgan fingerprint density at radius 1 is 1.13 bits per heavy atom. The molecule has 4 rings (SSSR count). The SMILES string of the molecule is CC(CCNS(=O)(=O)C1CCC1)N1C(=O)C(C)(CC(=O)O)CC(c2cccc(Cl)c2)C1c1ccc(Cl)cc1. The first-order chi connectivity index (χ1) is 17.9. The molecule has 1 saturated carbocycles. The van der Waals surface area contributed by atoms with Crippen molar-refractivity contribution in [1.29, 1.82) is 0 Å². The van der Waals surface area contributed by atoms with Gasteiger partial charge in [0.25, 0.3) is 0 Å². The van der Waals surface area contributed by atoms with Gasteiger partial charge in [0, 0.05) is 28.5 Å². The summed E-state index contributed by atoms with van der Waals surface area (Å²) in [6, 6.07) is 14.0. The zero-order chi connectivity index (χ0) is 27.7. The first-order valence-corrected chi connectivity index (χ1v) is 15.3. The number of hydrogen-bond acceptors (Lipinski definition) is 4. The number of nitrogens with one attached hydrogen (secondary N) is 1. The van der Waals surface area contributed by atoms with E-state index in [0.717, 1.165) is 17.5 Å². The number of aliphatic carboxylic acids is 1. The first-order valence-electron chi connectivity index (χ1n) is 13.0. The van der Waals surface area contributed by atoms with Crippen LogP contribution in [0.2, 0.25) is 10.0 Å². The van der Waals surface area contributed by atoms with E-state index in [2.05, 4.69) is 4.72 Å². The Morgan fingerprint density at radius 2 is 1.82 bits per heavy atom. The van der Waals surface area contributed by atoms with Crippen molar-refractivity contribution >= 4 is 45.1 Å². The number of sulfonamides is 1. The van der Waals surface area contributed by atoms with E-state index in [-0.39, 0.29) is 36.1 Å². The number of rotatable bonds is 10. The van der Waals surface area contributed by atoms with Crippen molar-refractivity contribution in [2.75, 3.05) is 6.54 Å². The number of carboxylic acids is 1. The smallest absolute Gasteiger partial charge is 0.304 e. The van der Waals surface area contributed by atoms with E-state index in [9.17, 15) is 23.1 Å². The highest BCUT2D eigenvalue weighted by Gasteiger charge is 2.51. The monoisotopic (exact) mass is 580 g/mol. The molecule has 7 nitrogen and oxygen atoms in total. The van der Waals surface area contributed by atoms with Crippen molar-refractivity contribution in [1.82, 2.24) is 9.62 Å².